The second-order valence-electron chi connectivity index (χ2n) is 3.78. The smallest absolute Gasteiger partial charge is 0.211 e. The second kappa shape index (κ2) is 4.41. The number of aryl methyl sites for hydroxylation is 2. The second-order valence-corrected chi connectivity index (χ2v) is 3.78. The molecule has 0 fully saturated rings. The van der Waals surface area contributed by atoms with Crippen LogP contribution in [-0.4, -0.2) is 15.8 Å². The Morgan fingerprint density at radius 2 is 2.00 bits per heavy atom. The number of hydrogen-bond donors (Lipinski definition) is 0. The van der Waals surface area contributed by atoms with Gasteiger partial charge in [-0.05, 0) is 37.6 Å². The van der Waals surface area contributed by atoms with Gasteiger partial charge in [0.1, 0.15) is 17.3 Å². The Morgan fingerprint density at radius 1 is 1.24 bits per heavy atom. The van der Waals surface area contributed by atoms with Gasteiger partial charge in [0, 0.05) is 11.8 Å². The Morgan fingerprint density at radius 3 is 2.71 bits per heavy atom. The van der Waals surface area contributed by atoms with Crippen LogP contribution in [0.5, 0.6) is 0 Å². The van der Waals surface area contributed by atoms with E-state index in [2.05, 4.69) is 9.97 Å². The lowest BCUT2D eigenvalue weighted by Crippen LogP contribution is -2.07. The van der Waals surface area contributed by atoms with E-state index in [0.717, 1.165) is 5.56 Å². The summed E-state index contributed by atoms with van der Waals surface area (Å²) in [5, 5.41) is 0. The van der Waals surface area contributed by atoms with Crippen molar-refractivity contribution in [2.75, 3.05) is 0 Å². The van der Waals surface area contributed by atoms with Crippen molar-refractivity contribution < 1.29 is 9.18 Å². The Bertz CT molecular complexity index is 581. The molecule has 0 aliphatic heterocycles. The van der Waals surface area contributed by atoms with Gasteiger partial charge in [-0.15, -0.1) is 0 Å². The topological polar surface area (TPSA) is 42.9 Å². The van der Waals surface area contributed by atoms with Gasteiger partial charge in [-0.1, -0.05) is 6.07 Å². The van der Waals surface area contributed by atoms with E-state index in [9.17, 15) is 9.18 Å². The summed E-state index contributed by atoms with van der Waals surface area (Å²) >= 11 is 0. The zero-order valence-corrected chi connectivity index (χ0v) is 9.57. The molecule has 0 aliphatic carbocycles. The van der Waals surface area contributed by atoms with Crippen LogP contribution in [-0.2, 0) is 0 Å². The third kappa shape index (κ3) is 2.36. The highest BCUT2D eigenvalue weighted by Crippen LogP contribution is 2.14. The van der Waals surface area contributed by atoms with Gasteiger partial charge < -0.3 is 0 Å². The summed E-state index contributed by atoms with van der Waals surface area (Å²) in [6, 6.07) is 5.67. The molecule has 86 valence electrons. The molecule has 0 radical (unpaired) electrons. The molecule has 0 saturated carbocycles. The van der Waals surface area contributed by atoms with E-state index in [1.165, 1.54) is 24.4 Å². The van der Waals surface area contributed by atoms with Crippen molar-refractivity contribution in [1.29, 1.82) is 0 Å². The quantitative estimate of drug-likeness (QED) is 0.744. The first-order chi connectivity index (χ1) is 8.08. The van der Waals surface area contributed by atoms with Gasteiger partial charge in [0.15, 0.2) is 0 Å². The number of carbonyl (C=O) groups is 1. The Kier molecular flexibility index (Phi) is 2.95. The van der Waals surface area contributed by atoms with E-state index >= 15 is 0 Å². The van der Waals surface area contributed by atoms with Gasteiger partial charge in [-0.3, -0.25) is 4.79 Å². The average molecular weight is 230 g/mol. The Labute approximate surface area is 98.3 Å². The van der Waals surface area contributed by atoms with E-state index in [-0.39, 0.29) is 11.5 Å². The van der Waals surface area contributed by atoms with E-state index in [1.54, 1.807) is 19.9 Å². The monoisotopic (exact) mass is 230 g/mol. The zero-order valence-electron chi connectivity index (χ0n) is 9.57. The molecule has 4 heteroatoms. The van der Waals surface area contributed by atoms with Crippen molar-refractivity contribution in [1.82, 2.24) is 9.97 Å². The largest absolute Gasteiger partial charge is 0.287 e. The number of ketones is 1. The summed E-state index contributed by atoms with van der Waals surface area (Å²) in [7, 11) is 0. The lowest BCUT2D eigenvalue weighted by atomic mass is 10.0. The Balaban J connectivity index is 2.47. The number of nitrogens with zero attached hydrogens (tertiary/aromatic N) is 2. The molecule has 0 aliphatic rings. The first-order valence-electron chi connectivity index (χ1n) is 5.18. The van der Waals surface area contributed by atoms with Crippen LogP contribution in [0.3, 0.4) is 0 Å². The predicted molar refractivity (Wildman–Crippen MR) is 61.3 cm³/mol. The molecule has 0 atom stereocenters. The maximum absolute atomic E-state index is 13.1. The fourth-order valence-electron chi connectivity index (χ4n) is 1.56. The summed E-state index contributed by atoms with van der Waals surface area (Å²) in [5.74, 6) is -0.192. The van der Waals surface area contributed by atoms with Crippen LogP contribution in [0.1, 0.15) is 27.4 Å². The van der Waals surface area contributed by atoms with Gasteiger partial charge in [0.25, 0.3) is 0 Å². The van der Waals surface area contributed by atoms with Crippen molar-refractivity contribution in [3.8, 4) is 0 Å². The highest BCUT2D eigenvalue weighted by molar-refractivity contribution is 6.08. The minimum atomic E-state index is -0.426. The number of rotatable bonds is 2. The summed E-state index contributed by atoms with van der Waals surface area (Å²) in [6.07, 6.45) is 1.52. The molecule has 0 saturated heterocycles. The highest BCUT2D eigenvalue weighted by atomic mass is 19.1. The average Bonchev–Trinajstić information content (AvgIpc) is 2.31. The standard InChI is InChI=1S/C13H11FN2O/c1-8-3-4-10(14)7-11(8)13(17)12-5-6-15-9(2)16-12/h3-7H,1-2H3. The van der Waals surface area contributed by atoms with Gasteiger partial charge in [-0.25, -0.2) is 14.4 Å². The van der Waals surface area contributed by atoms with Gasteiger partial charge in [-0.2, -0.15) is 0 Å². The number of hydrogen-bond acceptors (Lipinski definition) is 3. The summed E-state index contributed by atoms with van der Waals surface area (Å²) in [4.78, 5) is 20.1. The van der Waals surface area contributed by atoms with Crippen molar-refractivity contribution in [3.05, 3.63) is 58.9 Å². The zero-order chi connectivity index (χ0) is 12.4. The summed E-state index contributed by atoms with van der Waals surface area (Å²) < 4.78 is 13.1. The number of benzene rings is 1. The molecule has 0 spiro atoms. The number of halogens is 1. The maximum Gasteiger partial charge on any atom is 0.211 e. The highest BCUT2D eigenvalue weighted by Gasteiger charge is 2.14. The fraction of sp³-hybridized carbons (Fsp3) is 0.154. The molecular weight excluding hydrogens is 219 g/mol. The molecule has 1 heterocycles. The van der Waals surface area contributed by atoms with Crippen LogP contribution in [0, 0.1) is 19.7 Å². The van der Waals surface area contributed by atoms with Crippen molar-refractivity contribution in [2.45, 2.75) is 13.8 Å². The third-order valence-corrected chi connectivity index (χ3v) is 2.45. The van der Waals surface area contributed by atoms with Gasteiger partial charge in [0.05, 0.1) is 0 Å². The summed E-state index contributed by atoms with van der Waals surface area (Å²) in [6.45, 7) is 3.47. The Hall–Kier alpha value is -2.10. The SMILES string of the molecule is Cc1nccc(C(=O)c2cc(F)ccc2C)n1. The lowest BCUT2D eigenvalue weighted by Gasteiger charge is -2.04. The molecule has 1 aromatic carbocycles. The molecule has 2 rings (SSSR count). The van der Waals surface area contributed by atoms with E-state index in [1.807, 2.05) is 0 Å². The minimum absolute atomic E-state index is 0.284. The molecular formula is C13H11FN2O. The van der Waals surface area contributed by atoms with Gasteiger partial charge >= 0.3 is 0 Å². The van der Waals surface area contributed by atoms with Crippen LogP contribution in [0.25, 0.3) is 0 Å². The molecule has 1 aromatic heterocycles. The van der Waals surface area contributed by atoms with E-state index in [4.69, 9.17) is 0 Å². The third-order valence-electron chi connectivity index (χ3n) is 2.45. The van der Waals surface area contributed by atoms with Gasteiger partial charge in [0.2, 0.25) is 5.78 Å². The molecule has 0 unspecified atom stereocenters. The first kappa shape index (κ1) is 11.4. The van der Waals surface area contributed by atoms with E-state index < -0.39 is 5.82 Å². The number of aromatic nitrogens is 2. The van der Waals surface area contributed by atoms with Crippen LogP contribution in [0.2, 0.25) is 0 Å². The minimum Gasteiger partial charge on any atom is -0.287 e. The van der Waals surface area contributed by atoms with Crippen molar-refractivity contribution in [2.24, 2.45) is 0 Å². The normalized spacial score (nSPS) is 10.3. The lowest BCUT2D eigenvalue weighted by molar-refractivity contribution is 0.103. The molecule has 2 aromatic rings. The number of carbonyl (C=O) groups excluding carboxylic acids is 1. The van der Waals surface area contributed by atoms with Crippen LogP contribution < -0.4 is 0 Å². The molecule has 0 bridgehead atoms. The van der Waals surface area contributed by atoms with Crippen LogP contribution in [0.4, 0.5) is 4.39 Å². The maximum atomic E-state index is 13.1. The molecule has 3 nitrogen and oxygen atoms in total. The fourth-order valence-corrected chi connectivity index (χ4v) is 1.56. The van der Waals surface area contributed by atoms with Crippen molar-refractivity contribution in [3.63, 3.8) is 0 Å². The van der Waals surface area contributed by atoms with E-state index in [0.29, 0.717) is 11.4 Å². The first-order valence-corrected chi connectivity index (χ1v) is 5.18. The molecule has 0 N–H and O–H groups in total. The van der Waals surface area contributed by atoms with Crippen molar-refractivity contribution >= 4 is 5.78 Å². The van der Waals surface area contributed by atoms with Crippen LogP contribution in [0.15, 0.2) is 30.5 Å². The molecule has 17 heavy (non-hydrogen) atoms. The molecule has 0 amide bonds. The van der Waals surface area contributed by atoms with Crippen LogP contribution >= 0.6 is 0 Å². The predicted octanol–water partition coefficient (Wildman–Crippen LogP) is 2.46. The summed E-state index contributed by atoms with van der Waals surface area (Å²) in [5.41, 5.74) is 1.35.